The van der Waals surface area contributed by atoms with Crippen molar-refractivity contribution >= 4 is 27.5 Å². The molecular weight excluding hydrogens is 424 g/mol. The van der Waals surface area contributed by atoms with Crippen LogP contribution in [-0.4, -0.2) is 59.7 Å². The maximum absolute atomic E-state index is 12.9. The van der Waals surface area contributed by atoms with Gasteiger partial charge in [0.25, 0.3) is 11.5 Å². The van der Waals surface area contributed by atoms with Gasteiger partial charge in [-0.05, 0) is 24.0 Å². The van der Waals surface area contributed by atoms with E-state index in [9.17, 15) is 9.59 Å². The van der Waals surface area contributed by atoms with Crippen LogP contribution in [0, 0.1) is 12.8 Å². The van der Waals surface area contributed by atoms with Crippen LogP contribution in [0.25, 0.3) is 10.2 Å². The van der Waals surface area contributed by atoms with Crippen LogP contribution in [0.4, 0.5) is 0 Å². The Labute approximate surface area is 191 Å². The second kappa shape index (κ2) is 9.94. The van der Waals surface area contributed by atoms with Gasteiger partial charge in [0.1, 0.15) is 10.7 Å². The maximum atomic E-state index is 12.9. The molecule has 8 heteroatoms. The smallest absolute Gasteiger partial charge is 0.261 e. The van der Waals surface area contributed by atoms with Crippen molar-refractivity contribution in [3.05, 3.63) is 62.5 Å². The highest BCUT2D eigenvalue weighted by Crippen LogP contribution is 2.27. The zero-order valence-corrected chi connectivity index (χ0v) is 19.6. The molecule has 170 valence electrons. The molecule has 0 radical (unpaired) electrons. The molecule has 2 N–H and O–H groups in total. The minimum Gasteiger partial charge on any atom is -0.374 e. The summed E-state index contributed by atoms with van der Waals surface area (Å²) in [6, 6.07) is 9.87. The lowest BCUT2D eigenvalue weighted by Gasteiger charge is -2.33. The van der Waals surface area contributed by atoms with E-state index in [2.05, 4.69) is 34.0 Å². The number of thiophene rings is 1. The first-order valence-corrected chi connectivity index (χ1v) is 11.9. The van der Waals surface area contributed by atoms with Crippen molar-refractivity contribution < 1.29 is 9.53 Å². The summed E-state index contributed by atoms with van der Waals surface area (Å²) >= 11 is 1.27. The molecule has 1 atom stereocenters. The summed E-state index contributed by atoms with van der Waals surface area (Å²) in [6.45, 7) is 10.1. The molecule has 1 aliphatic rings. The van der Waals surface area contributed by atoms with E-state index in [1.165, 1.54) is 11.3 Å². The van der Waals surface area contributed by atoms with Gasteiger partial charge >= 0.3 is 0 Å². The third-order valence-corrected chi connectivity index (χ3v) is 6.79. The number of carbonyl (C=O) groups excluding carboxylic acids is 1. The number of benzene rings is 1. The Morgan fingerprint density at radius 3 is 2.88 bits per heavy atom. The second-order valence-electron chi connectivity index (χ2n) is 8.77. The highest BCUT2D eigenvalue weighted by atomic mass is 32.1. The molecule has 1 saturated heterocycles. The number of aryl methyl sites for hydroxylation is 1. The number of morpholine rings is 1. The van der Waals surface area contributed by atoms with Gasteiger partial charge in [-0.1, -0.05) is 44.2 Å². The van der Waals surface area contributed by atoms with Crippen LogP contribution in [0.15, 0.2) is 35.1 Å². The summed E-state index contributed by atoms with van der Waals surface area (Å²) in [6.07, 6.45) is 0.510. The Hall–Kier alpha value is -2.55. The highest BCUT2D eigenvalue weighted by Gasteiger charge is 2.24. The van der Waals surface area contributed by atoms with E-state index in [-0.39, 0.29) is 17.6 Å². The molecule has 1 fully saturated rings. The van der Waals surface area contributed by atoms with Gasteiger partial charge in [-0.2, -0.15) is 0 Å². The van der Waals surface area contributed by atoms with Crippen molar-refractivity contribution in [3.8, 4) is 0 Å². The van der Waals surface area contributed by atoms with Crippen molar-refractivity contribution in [3.63, 3.8) is 0 Å². The number of nitrogens with one attached hydrogen (secondary N) is 2. The number of ether oxygens (including phenoxy) is 1. The fourth-order valence-electron chi connectivity index (χ4n) is 4.15. The zero-order chi connectivity index (χ0) is 22.7. The number of fused-ring (bicyclic) bond motifs is 1. The van der Waals surface area contributed by atoms with Crippen LogP contribution in [0.1, 0.15) is 40.5 Å². The third kappa shape index (κ3) is 5.26. The fourth-order valence-corrected chi connectivity index (χ4v) is 5.27. The van der Waals surface area contributed by atoms with Gasteiger partial charge in [-0.25, -0.2) is 4.98 Å². The molecule has 0 saturated carbocycles. The molecule has 4 rings (SSSR count). The molecule has 1 aromatic carbocycles. The quantitative estimate of drug-likeness (QED) is 0.573. The fraction of sp³-hybridized carbons (Fsp3) is 0.458. The lowest BCUT2D eigenvalue weighted by atomic mass is 10.1. The first kappa shape index (κ1) is 22.6. The molecular formula is C24H30N4O3S. The van der Waals surface area contributed by atoms with E-state index in [0.29, 0.717) is 52.0 Å². The molecule has 1 amide bonds. The summed E-state index contributed by atoms with van der Waals surface area (Å²) in [4.78, 5) is 36.7. The molecule has 3 heterocycles. The standard InChI is InChI=1S/C24H30N4O3S/c1-15(2)13-28-9-10-31-18(14-28)12-25-23(30)21-16(3)20-22(29)26-19(27-24(20)32-21)11-17-7-5-4-6-8-17/h4-8,15,18H,9-14H2,1-3H3,(H,25,30)(H,26,27,29)/t18-/m0/s1. The van der Waals surface area contributed by atoms with Crippen molar-refractivity contribution in [2.45, 2.75) is 33.3 Å². The average molecular weight is 455 g/mol. The van der Waals surface area contributed by atoms with E-state index in [0.717, 1.165) is 25.2 Å². The summed E-state index contributed by atoms with van der Waals surface area (Å²) in [5, 5.41) is 3.49. The molecule has 0 bridgehead atoms. The third-order valence-electron chi connectivity index (χ3n) is 5.61. The Morgan fingerprint density at radius 2 is 2.12 bits per heavy atom. The number of aromatic amines is 1. The van der Waals surface area contributed by atoms with Crippen LogP contribution in [0.5, 0.6) is 0 Å². The van der Waals surface area contributed by atoms with E-state index in [4.69, 9.17) is 4.74 Å². The van der Waals surface area contributed by atoms with Gasteiger partial charge in [0.2, 0.25) is 0 Å². The van der Waals surface area contributed by atoms with Gasteiger partial charge < -0.3 is 15.0 Å². The number of carbonyl (C=O) groups is 1. The van der Waals surface area contributed by atoms with Gasteiger partial charge in [0.15, 0.2) is 0 Å². The van der Waals surface area contributed by atoms with E-state index < -0.39 is 0 Å². The monoisotopic (exact) mass is 454 g/mol. The molecule has 3 aromatic rings. The second-order valence-corrected chi connectivity index (χ2v) is 9.77. The van der Waals surface area contributed by atoms with Gasteiger partial charge in [-0.15, -0.1) is 11.3 Å². The van der Waals surface area contributed by atoms with Crippen molar-refractivity contribution in [2.24, 2.45) is 5.92 Å². The Bertz CT molecular complexity index is 1140. The summed E-state index contributed by atoms with van der Waals surface area (Å²) < 4.78 is 5.84. The minimum absolute atomic E-state index is 0.0277. The van der Waals surface area contributed by atoms with Crippen LogP contribution in [-0.2, 0) is 11.2 Å². The van der Waals surface area contributed by atoms with E-state index >= 15 is 0 Å². The number of hydrogen-bond acceptors (Lipinski definition) is 6. The summed E-state index contributed by atoms with van der Waals surface area (Å²) in [7, 11) is 0. The molecule has 7 nitrogen and oxygen atoms in total. The summed E-state index contributed by atoms with van der Waals surface area (Å²) in [5.41, 5.74) is 1.54. The number of H-pyrrole nitrogens is 1. The van der Waals surface area contributed by atoms with E-state index in [1.54, 1.807) is 0 Å². The summed E-state index contributed by atoms with van der Waals surface area (Å²) in [5.74, 6) is 1.02. The Kier molecular flexibility index (Phi) is 7.03. The number of rotatable bonds is 7. The van der Waals surface area contributed by atoms with Crippen LogP contribution in [0.3, 0.4) is 0 Å². The maximum Gasteiger partial charge on any atom is 0.261 e. The first-order chi connectivity index (χ1) is 15.4. The predicted octanol–water partition coefficient (Wildman–Crippen LogP) is 2.97. The normalized spacial score (nSPS) is 17.2. The van der Waals surface area contributed by atoms with Crippen molar-refractivity contribution in [1.29, 1.82) is 0 Å². The average Bonchev–Trinajstić information content (AvgIpc) is 3.09. The first-order valence-electron chi connectivity index (χ1n) is 11.1. The highest BCUT2D eigenvalue weighted by molar-refractivity contribution is 7.20. The van der Waals surface area contributed by atoms with Gasteiger partial charge in [0.05, 0.1) is 23.0 Å². The van der Waals surface area contributed by atoms with Gasteiger partial charge in [0, 0.05) is 32.6 Å². The van der Waals surface area contributed by atoms with Crippen molar-refractivity contribution in [2.75, 3.05) is 32.8 Å². The van der Waals surface area contributed by atoms with Crippen LogP contribution < -0.4 is 10.9 Å². The topological polar surface area (TPSA) is 87.3 Å². The molecule has 2 aromatic heterocycles. The Balaban J connectivity index is 1.46. The number of aromatic nitrogens is 2. The molecule has 1 aliphatic heterocycles. The number of hydrogen-bond donors (Lipinski definition) is 2. The lowest BCUT2D eigenvalue weighted by molar-refractivity contribution is -0.0295. The lowest BCUT2D eigenvalue weighted by Crippen LogP contribution is -2.48. The number of nitrogens with zero attached hydrogens (tertiary/aromatic N) is 2. The van der Waals surface area contributed by atoms with Crippen LogP contribution in [0.2, 0.25) is 0 Å². The van der Waals surface area contributed by atoms with E-state index in [1.807, 2.05) is 37.3 Å². The molecule has 32 heavy (non-hydrogen) atoms. The molecule has 0 spiro atoms. The SMILES string of the molecule is Cc1c(C(=O)NC[C@H]2CN(CC(C)C)CCO2)sc2nc(Cc3ccccc3)[nH]c(=O)c12. The Morgan fingerprint density at radius 1 is 1.34 bits per heavy atom. The molecule has 0 aliphatic carbocycles. The molecule has 0 unspecified atom stereocenters. The minimum atomic E-state index is -0.200. The number of amides is 1. The van der Waals surface area contributed by atoms with Crippen LogP contribution >= 0.6 is 11.3 Å². The largest absolute Gasteiger partial charge is 0.374 e. The zero-order valence-electron chi connectivity index (χ0n) is 18.8. The van der Waals surface area contributed by atoms with Crippen molar-refractivity contribution in [1.82, 2.24) is 20.2 Å². The predicted molar refractivity (Wildman–Crippen MR) is 128 cm³/mol. The van der Waals surface area contributed by atoms with Gasteiger partial charge in [-0.3, -0.25) is 14.5 Å².